The van der Waals surface area contributed by atoms with Gasteiger partial charge in [0.2, 0.25) is 0 Å². The second-order valence-corrected chi connectivity index (χ2v) is 3.13. The summed E-state index contributed by atoms with van der Waals surface area (Å²) >= 11 is 0. The standard InChI is InChI=1S/C12H16O/c1-2-6-12(13)10-9-11-7-4-3-5-8-11/h3-5,7-10,12-13H,2,6H2,1H3/b10-9+. The Morgan fingerprint density at radius 3 is 2.62 bits per heavy atom. The van der Waals surface area contributed by atoms with Gasteiger partial charge in [0.1, 0.15) is 0 Å². The average molecular weight is 176 g/mol. The van der Waals surface area contributed by atoms with Gasteiger partial charge in [-0.05, 0) is 12.0 Å². The molecule has 0 bridgehead atoms. The molecule has 0 saturated heterocycles. The van der Waals surface area contributed by atoms with Crippen molar-refractivity contribution in [3.05, 3.63) is 42.0 Å². The summed E-state index contributed by atoms with van der Waals surface area (Å²) in [6, 6.07) is 10.0. The van der Waals surface area contributed by atoms with Crippen LogP contribution in [0.3, 0.4) is 0 Å². The molecule has 1 aromatic carbocycles. The maximum absolute atomic E-state index is 9.42. The van der Waals surface area contributed by atoms with Gasteiger partial charge in [-0.2, -0.15) is 0 Å². The molecule has 0 heterocycles. The predicted molar refractivity (Wildman–Crippen MR) is 56.4 cm³/mol. The molecule has 0 fully saturated rings. The van der Waals surface area contributed by atoms with E-state index in [2.05, 4.69) is 6.92 Å². The predicted octanol–water partition coefficient (Wildman–Crippen LogP) is 2.86. The smallest absolute Gasteiger partial charge is 0.0724 e. The van der Waals surface area contributed by atoms with Crippen LogP contribution in [0.4, 0.5) is 0 Å². The lowest BCUT2D eigenvalue weighted by atomic mass is 10.1. The first-order chi connectivity index (χ1) is 6.33. The highest BCUT2D eigenvalue weighted by molar-refractivity contribution is 5.49. The number of benzene rings is 1. The van der Waals surface area contributed by atoms with Crippen molar-refractivity contribution in [2.24, 2.45) is 0 Å². The summed E-state index contributed by atoms with van der Waals surface area (Å²) in [5.74, 6) is 0. The molecule has 0 aromatic heterocycles. The minimum atomic E-state index is -0.301. The molecular weight excluding hydrogens is 160 g/mol. The zero-order valence-electron chi connectivity index (χ0n) is 7.98. The molecule has 0 spiro atoms. The molecule has 1 unspecified atom stereocenters. The Morgan fingerprint density at radius 1 is 1.31 bits per heavy atom. The SMILES string of the molecule is CCCC(O)/C=C/c1ccccc1. The Hall–Kier alpha value is -1.08. The third-order valence-electron chi connectivity index (χ3n) is 1.89. The van der Waals surface area contributed by atoms with E-state index in [0.717, 1.165) is 18.4 Å². The van der Waals surface area contributed by atoms with Crippen molar-refractivity contribution in [2.75, 3.05) is 0 Å². The zero-order valence-corrected chi connectivity index (χ0v) is 7.98. The zero-order chi connectivity index (χ0) is 9.52. The Morgan fingerprint density at radius 2 is 2.00 bits per heavy atom. The number of aliphatic hydroxyl groups excluding tert-OH is 1. The fourth-order valence-electron chi connectivity index (χ4n) is 1.18. The van der Waals surface area contributed by atoms with Crippen LogP contribution in [0.15, 0.2) is 36.4 Å². The largest absolute Gasteiger partial charge is 0.389 e. The summed E-state index contributed by atoms with van der Waals surface area (Å²) in [7, 11) is 0. The second-order valence-electron chi connectivity index (χ2n) is 3.13. The molecule has 0 saturated carbocycles. The lowest BCUT2D eigenvalue weighted by molar-refractivity contribution is 0.212. The van der Waals surface area contributed by atoms with Crippen molar-refractivity contribution >= 4 is 6.08 Å². The molecule has 1 nitrogen and oxygen atoms in total. The molecule has 1 N–H and O–H groups in total. The summed E-state index contributed by atoms with van der Waals surface area (Å²) < 4.78 is 0. The Balaban J connectivity index is 2.49. The lowest BCUT2D eigenvalue weighted by Gasteiger charge is -2.01. The van der Waals surface area contributed by atoms with Gasteiger partial charge < -0.3 is 5.11 Å². The van der Waals surface area contributed by atoms with Crippen LogP contribution in [0.5, 0.6) is 0 Å². The van der Waals surface area contributed by atoms with Crippen molar-refractivity contribution in [1.82, 2.24) is 0 Å². The molecule has 0 amide bonds. The van der Waals surface area contributed by atoms with Crippen molar-refractivity contribution in [2.45, 2.75) is 25.9 Å². The number of hydrogen-bond donors (Lipinski definition) is 1. The third kappa shape index (κ3) is 3.90. The van der Waals surface area contributed by atoms with E-state index in [4.69, 9.17) is 0 Å². The Kier molecular flexibility index (Phi) is 4.27. The maximum atomic E-state index is 9.42. The highest BCUT2D eigenvalue weighted by atomic mass is 16.3. The minimum Gasteiger partial charge on any atom is -0.389 e. The molecule has 1 rings (SSSR count). The van der Waals surface area contributed by atoms with Gasteiger partial charge in [-0.1, -0.05) is 55.8 Å². The topological polar surface area (TPSA) is 20.2 Å². The van der Waals surface area contributed by atoms with Crippen molar-refractivity contribution in [3.63, 3.8) is 0 Å². The molecule has 1 aromatic rings. The van der Waals surface area contributed by atoms with Crippen LogP contribution in [0.2, 0.25) is 0 Å². The van der Waals surface area contributed by atoms with Gasteiger partial charge in [0.15, 0.2) is 0 Å². The van der Waals surface area contributed by atoms with Crippen molar-refractivity contribution < 1.29 is 5.11 Å². The fourth-order valence-corrected chi connectivity index (χ4v) is 1.18. The first kappa shape index (κ1) is 10.0. The number of rotatable bonds is 4. The highest BCUT2D eigenvalue weighted by Gasteiger charge is 1.94. The molecule has 70 valence electrons. The van der Waals surface area contributed by atoms with Crippen molar-refractivity contribution in [3.8, 4) is 0 Å². The molecule has 0 aliphatic heterocycles. The number of aliphatic hydroxyl groups is 1. The van der Waals surface area contributed by atoms with Gasteiger partial charge in [-0.15, -0.1) is 0 Å². The molecule has 0 aliphatic rings. The van der Waals surface area contributed by atoms with E-state index in [1.54, 1.807) is 0 Å². The van der Waals surface area contributed by atoms with Gasteiger partial charge in [-0.25, -0.2) is 0 Å². The summed E-state index contributed by atoms with van der Waals surface area (Å²) in [6.45, 7) is 2.07. The fraction of sp³-hybridized carbons (Fsp3) is 0.333. The monoisotopic (exact) mass is 176 g/mol. The van der Waals surface area contributed by atoms with E-state index in [0.29, 0.717) is 0 Å². The average Bonchev–Trinajstić information content (AvgIpc) is 2.17. The number of hydrogen-bond acceptors (Lipinski definition) is 1. The molecule has 0 aliphatic carbocycles. The molecular formula is C12H16O. The Labute approximate surface area is 79.7 Å². The van der Waals surface area contributed by atoms with E-state index < -0.39 is 0 Å². The quantitative estimate of drug-likeness (QED) is 0.748. The molecule has 1 heteroatoms. The third-order valence-corrected chi connectivity index (χ3v) is 1.89. The van der Waals surface area contributed by atoms with Crippen molar-refractivity contribution in [1.29, 1.82) is 0 Å². The summed E-state index contributed by atoms with van der Waals surface area (Å²) in [4.78, 5) is 0. The highest BCUT2D eigenvalue weighted by Crippen LogP contribution is 2.04. The van der Waals surface area contributed by atoms with Gasteiger partial charge in [0.25, 0.3) is 0 Å². The van der Waals surface area contributed by atoms with Crippen LogP contribution in [0.1, 0.15) is 25.3 Å². The minimum absolute atomic E-state index is 0.301. The van der Waals surface area contributed by atoms with Crippen LogP contribution in [-0.4, -0.2) is 11.2 Å². The van der Waals surface area contributed by atoms with Gasteiger partial charge in [0, 0.05) is 0 Å². The normalized spacial score (nSPS) is 13.4. The van der Waals surface area contributed by atoms with E-state index >= 15 is 0 Å². The Bertz CT molecular complexity index is 251. The van der Waals surface area contributed by atoms with Gasteiger partial charge >= 0.3 is 0 Å². The van der Waals surface area contributed by atoms with E-state index in [1.807, 2.05) is 42.5 Å². The van der Waals surface area contributed by atoms with Gasteiger partial charge in [-0.3, -0.25) is 0 Å². The van der Waals surface area contributed by atoms with Crippen LogP contribution in [0, 0.1) is 0 Å². The molecule has 0 radical (unpaired) electrons. The summed E-state index contributed by atoms with van der Waals surface area (Å²) in [6.07, 6.45) is 5.35. The van der Waals surface area contributed by atoms with E-state index in [9.17, 15) is 5.11 Å². The maximum Gasteiger partial charge on any atom is 0.0724 e. The second kappa shape index (κ2) is 5.55. The van der Waals surface area contributed by atoms with E-state index in [1.165, 1.54) is 0 Å². The van der Waals surface area contributed by atoms with Crippen LogP contribution >= 0.6 is 0 Å². The molecule has 13 heavy (non-hydrogen) atoms. The first-order valence-corrected chi connectivity index (χ1v) is 4.74. The molecule has 1 atom stereocenters. The van der Waals surface area contributed by atoms with Gasteiger partial charge in [0.05, 0.1) is 6.10 Å². The van der Waals surface area contributed by atoms with Crippen LogP contribution < -0.4 is 0 Å². The van der Waals surface area contributed by atoms with Crippen LogP contribution in [0.25, 0.3) is 6.08 Å². The van der Waals surface area contributed by atoms with E-state index in [-0.39, 0.29) is 6.10 Å². The lowest BCUT2D eigenvalue weighted by Crippen LogP contribution is -1.99. The summed E-state index contributed by atoms with van der Waals surface area (Å²) in [5.41, 5.74) is 1.14. The van der Waals surface area contributed by atoms with Crippen LogP contribution in [-0.2, 0) is 0 Å². The first-order valence-electron chi connectivity index (χ1n) is 4.74. The summed E-state index contributed by atoms with van der Waals surface area (Å²) in [5, 5.41) is 9.42.